The van der Waals surface area contributed by atoms with Crippen LogP contribution in [0.25, 0.3) is 11.1 Å². The summed E-state index contributed by atoms with van der Waals surface area (Å²) in [5, 5.41) is 0. The Morgan fingerprint density at radius 1 is 0.538 bits per heavy atom. The van der Waals surface area contributed by atoms with Gasteiger partial charge in [-0.3, -0.25) is 0 Å². The summed E-state index contributed by atoms with van der Waals surface area (Å²) < 4.78 is 2.46. The number of halogens is 2. The van der Waals surface area contributed by atoms with Crippen LogP contribution in [0.15, 0.2) is 45.3 Å². The molecule has 0 N–H and O–H groups in total. The maximum Gasteiger partial charge on any atom is 0.0256 e. The fraction of sp³-hybridized carbons (Fsp3) is 0.500. The molecular weight excluding hydrogens is 448 g/mol. The molecule has 0 saturated heterocycles. The first-order valence-corrected chi connectivity index (χ1v) is 11.9. The Morgan fingerprint density at radius 2 is 0.923 bits per heavy atom. The van der Waals surface area contributed by atoms with Gasteiger partial charge in [0.1, 0.15) is 0 Å². The third-order valence-corrected chi connectivity index (χ3v) is 7.74. The highest BCUT2D eigenvalue weighted by atomic mass is 79.9. The Morgan fingerprint density at radius 3 is 1.27 bits per heavy atom. The zero-order valence-corrected chi connectivity index (χ0v) is 18.6. The van der Waals surface area contributed by atoms with Crippen LogP contribution in [0.4, 0.5) is 0 Å². The largest absolute Gasteiger partial charge is 0.0581 e. The molecule has 0 atom stereocenters. The third-order valence-electron chi connectivity index (χ3n) is 6.43. The van der Waals surface area contributed by atoms with Crippen molar-refractivity contribution in [2.75, 3.05) is 0 Å². The summed E-state index contributed by atoms with van der Waals surface area (Å²) in [5.74, 6) is 1.51. The van der Waals surface area contributed by atoms with Crippen LogP contribution >= 0.6 is 31.9 Å². The minimum Gasteiger partial charge on any atom is -0.0581 e. The molecule has 0 spiro atoms. The zero-order valence-electron chi connectivity index (χ0n) is 15.4. The van der Waals surface area contributed by atoms with Gasteiger partial charge in [0.25, 0.3) is 0 Å². The Bertz CT molecular complexity index is 687. The Balaban J connectivity index is 1.58. The predicted octanol–water partition coefficient (Wildman–Crippen LogP) is 8.97. The summed E-state index contributed by atoms with van der Waals surface area (Å²) in [7, 11) is 0. The van der Waals surface area contributed by atoms with Crippen molar-refractivity contribution in [3.05, 3.63) is 56.5 Å². The second-order valence-electron chi connectivity index (χ2n) is 8.15. The number of benzene rings is 2. The van der Waals surface area contributed by atoms with E-state index in [9.17, 15) is 0 Å². The van der Waals surface area contributed by atoms with E-state index in [1.54, 1.807) is 0 Å². The molecule has 2 fully saturated rings. The molecule has 138 valence electrons. The van der Waals surface area contributed by atoms with Gasteiger partial charge in [-0.1, -0.05) is 94.7 Å². The zero-order chi connectivity index (χ0) is 17.9. The molecule has 2 aliphatic rings. The topological polar surface area (TPSA) is 0 Å². The summed E-state index contributed by atoms with van der Waals surface area (Å²) in [6, 6.07) is 14.1. The second kappa shape index (κ2) is 8.61. The van der Waals surface area contributed by atoms with Crippen molar-refractivity contribution in [2.24, 2.45) is 0 Å². The molecule has 2 saturated carbocycles. The molecule has 0 unspecified atom stereocenters. The van der Waals surface area contributed by atoms with Crippen molar-refractivity contribution in [2.45, 2.75) is 76.0 Å². The minimum atomic E-state index is 0.756. The molecule has 2 aromatic carbocycles. The summed E-state index contributed by atoms with van der Waals surface area (Å²) in [6.07, 6.45) is 13.8. The van der Waals surface area contributed by atoms with Crippen LogP contribution in [0.2, 0.25) is 0 Å². The van der Waals surface area contributed by atoms with Crippen molar-refractivity contribution in [1.82, 2.24) is 0 Å². The maximum absolute atomic E-state index is 3.86. The fourth-order valence-corrected chi connectivity index (χ4v) is 6.10. The highest BCUT2D eigenvalue weighted by molar-refractivity contribution is 9.11. The fourth-order valence-electron chi connectivity index (χ4n) is 4.88. The first-order chi connectivity index (χ1) is 12.7. The van der Waals surface area contributed by atoms with Crippen LogP contribution in [-0.4, -0.2) is 0 Å². The average Bonchev–Trinajstić information content (AvgIpc) is 2.69. The van der Waals surface area contributed by atoms with Crippen molar-refractivity contribution in [1.29, 1.82) is 0 Å². The first kappa shape index (κ1) is 18.7. The lowest BCUT2D eigenvalue weighted by molar-refractivity contribution is 0.443. The summed E-state index contributed by atoms with van der Waals surface area (Å²) in [5.41, 5.74) is 5.61. The number of rotatable bonds is 3. The molecule has 2 aliphatic carbocycles. The van der Waals surface area contributed by atoms with Gasteiger partial charge in [0.05, 0.1) is 0 Å². The number of hydrogen-bond donors (Lipinski definition) is 0. The van der Waals surface area contributed by atoms with Crippen LogP contribution in [0.1, 0.15) is 87.2 Å². The Hall–Kier alpha value is -0.600. The molecule has 2 aromatic rings. The summed E-state index contributed by atoms with van der Waals surface area (Å²) >= 11 is 7.72. The van der Waals surface area contributed by atoms with Crippen LogP contribution in [0, 0.1) is 0 Å². The van der Waals surface area contributed by atoms with Gasteiger partial charge in [-0.2, -0.15) is 0 Å². The van der Waals surface area contributed by atoms with Crippen LogP contribution in [0.5, 0.6) is 0 Å². The van der Waals surface area contributed by atoms with Gasteiger partial charge in [0, 0.05) is 8.95 Å². The highest BCUT2D eigenvalue weighted by Crippen LogP contribution is 2.41. The van der Waals surface area contributed by atoms with Crippen LogP contribution < -0.4 is 0 Å². The summed E-state index contributed by atoms with van der Waals surface area (Å²) in [4.78, 5) is 0. The molecule has 26 heavy (non-hydrogen) atoms. The van der Waals surface area contributed by atoms with E-state index >= 15 is 0 Å². The van der Waals surface area contributed by atoms with Crippen molar-refractivity contribution >= 4 is 31.9 Å². The van der Waals surface area contributed by atoms with Gasteiger partial charge in [-0.05, 0) is 71.9 Å². The molecule has 2 heteroatoms. The van der Waals surface area contributed by atoms with Gasteiger partial charge in [-0.15, -0.1) is 0 Å². The lowest BCUT2D eigenvalue weighted by atomic mass is 9.83. The normalized spacial score (nSPS) is 19.6. The monoisotopic (exact) mass is 474 g/mol. The Labute approximate surface area is 175 Å². The maximum atomic E-state index is 3.86. The van der Waals surface area contributed by atoms with Crippen LogP contribution in [-0.2, 0) is 0 Å². The van der Waals surface area contributed by atoms with E-state index < -0.39 is 0 Å². The molecule has 0 nitrogen and oxygen atoms in total. The van der Waals surface area contributed by atoms with E-state index in [1.807, 2.05) is 0 Å². The Kier molecular flexibility index (Phi) is 6.21. The first-order valence-electron chi connectivity index (χ1n) is 10.3. The van der Waals surface area contributed by atoms with Crippen LogP contribution in [0.3, 0.4) is 0 Å². The smallest absolute Gasteiger partial charge is 0.0256 e. The SMILES string of the molecule is Brc1cc(C2CCCCC2)ccc1-c1ccc(C2CCCCC2)cc1Br. The molecule has 4 rings (SSSR count). The highest BCUT2D eigenvalue weighted by Gasteiger charge is 2.19. The molecule has 0 aromatic heterocycles. The van der Waals surface area contributed by atoms with Crippen molar-refractivity contribution in [3.8, 4) is 11.1 Å². The lowest BCUT2D eigenvalue weighted by Crippen LogP contribution is -2.05. The van der Waals surface area contributed by atoms with E-state index in [1.165, 1.54) is 95.4 Å². The van der Waals surface area contributed by atoms with E-state index in [-0.39, 0.29) is 0 Å². The quantitative estimate of drug-likeness (QED) is 0.415. The van der Waals surface area contributed by atoms with Crippen molar-refractivity contribution in [3.63, 3.8) is 0 Å². The van der Waals surface area contributed by atoms with E-state index in [0.29, 0.717) is 0 Å². The second-order valence-corrected chi connectivity index (χ2v) is 9.86. The standard InChI is InChI=1S/C24H28Br2/c25-23-15-19(17-7-3-1-4-8-17)11-13-21(23)22-14-12-20(16-24(22)26)18-9-5-2-6-10-18/h11-18H,1-10H2. The molecule has 0 bridgehead atoms. The average molecular weight is 476 g/mol. The lowest BCUT2D eigenvalue weighted by Gasteiger charge is -2.23. The summed E-state index contributed by atoms with van der Waals surface area (Å²) in [6.45, 7) is 0. The van der Waals surface area contributed by atoms with Gasteiger partial charge in [0.2, 0.25) is 0 Å². The third kappa shape index (κ3) is 4.12. The molecule has 0 radical (unpaired) electrons. The van der Waals surface area contributed by atoms with E-state index in [4.69, 9.17) is 0 Å². The van der Waals surface area contributed by atoms with Gasteiger partial charge >= 0.3 is 0 Å². The van der Waals surface area contributed by atoms with Gasteiger partial charge in [-0.25, -0.2) is 0 Å². The van der Waals surface area contributed by atoms with Gasteiger partial charge in [0.15, 0.2) is 0 Å². The van der Waals surface area contributed by atoms with E-state index in [2.05, 4.69) is 68.3 Å². The minimum absolute atomic E-state index is 0.756. The van der Waals surface area contributed by atoms with Crippen molar-refractivity contribution < 1.29 is 0 Å². The molecule has 0 amide bonds. The molecule has 0 aliphatic heterocycles. The predicted molar refractivity (Wildman–Crippen MR) is 119 cm³/mol. The van der Waals surface area contributed by atoms with Gasteiger partial charge < -0.3 is 0 Å². The molecular formula is C24H28Br2. The molecule has 0 heterocycles. The van der Waals surface area contributed by atoms with E-state index in [0.717, 1.165) is 11.8 Å². The number of hydrogen-bond acceptors (Lipinski definition) is 0.